The van der Waals surface area contributed by atoms with Crippen LogP contribution in [0.1, 0.15) is 17.5 Å². The largest absolute Gasteiger partial charge is 0.465 e. The van der Waals surface area contributed by atoms with Crippen LogP contribution in [-0.2, 0) is 16.0 Å². The van der Waals surface area contributed by atoms with Gasteiger partial charge in [-0.1, -0.05) is 0 Å². The van der Waals surface area contributed by atoms with E-state index in [4.69, 9.17) is 10.5 Å². The minimum Gasteiger partial charge on any atom is -0.465 e. The molecule has 0 radical (unpaired) electrons. The Bertz CT molecular complexity index is 1340. The van der Waals surface area contributed by atoms with E-state index < -0.39 is 36.2 Å². The summed E-state index contributed by atoms with van der Waals surface area (Å²) in [5.41, 5.74) is 6.83. The third-order valence-electron chi connectivity index (χ3n) is 5.73. The number of aromatic nitrogens is 2. The molecule has 3 amide bonds. The number of alkyl halides is 1. The lowest BCUT2D eigenvalue weighted by Crippen LogP contribution is -2.53. The van der Waals surface area contributed by atoms with Gasteiger partial charge in [0.25, 0.3) is 0 Å². The second kappa shape index (κ2) is 9.68. The smallest absolute Gasteiger partial charge is 0.405 e. The Hall–Kier alpha value is -4.66. The third-order valence-corrected chi connectivity index (χ3v) is 5.73. The van der Waals surface area contributed by atoms with Crippen molar-refractivity contribution in [2.24, 2.45) is 5.73 Å². The van der Waals surface area contributed by atoms with E-state index in [0.717, 1.165) is 4.90 Å². The number of pyridine rings is 1. The number of carboxylic acid groups (broad SMARTS) is 1. The maximum Gasteiger partial charge on any atom is 0.405 e. The lowest BCUT2D eigenvalue weighted by Gasteiger charge is -2.26. The number of carbonyl (C=O) groups is 3. The van der Waals surface area contributed by atoms with Gasteiger partial charge in [0.05, 0.1) is 6.54 Å². The molecule has 1 aromatic carbocycles. The van der Waals surface area contributed by atoms with Gasteiger partial charge in [-0.05, 0) is 35.9 Å². The molecule has 1 fully saturated rings. The number of nitriles is 1. The highest BCUT2D eigenvalue weighted by Crippen LogP contribution is 2.29. The van der Waals surface area contributed by atoms with E-state index in [-0.39, 0.29) is 30.8 Å². The number of nitrogens with zero attached hydrogens (tertiary/aromatic N) is 3. The molecule has 3 aromatic rings. The quantitative estimate of drug-likeness (QED) is 0.399. The van der Waals surface area contributed by atoms with E-state index in [2.05, 4.69) is 15.3 Å². The highest BCUT2D eigenvalue weighted by molar-refractivity contribution is 5.92. The first-order valence-corrected chi connectivity index (χ1v) is 10.6. The number of rotatable bonds is 7. The summed E-state index contributed by atoms with van der Waals surface area (Å²) >= 11 is 0. The average molecular weight is 480 g/mol. The van der Waals surface area contributed by atoms with Gasteiger partial charge in [0.15, 0.2) is 0 Å². The fraction of sp³-hybridized carbons (Fsp3) is 0.261. The summed E-state index contributed by atoms with van der Waals surface area (Å²) in [5, 5.41) is 21.3. The fourth-order valence-electron chi connectivity index (χ4n) is 4.13. The topological polar surface area (TPSA) is 174 Å². The summed E-state index contributed by atoms with van der Waals surface area (Å²) < 4.78 is 19.7. The van der Waals surface area contributed by atoms with Crippen LogP contribution in [0.25, 0.3) is 10.9 Å². The van der Waals surface area contributed by atoms with Crippen molar-refractivity contribution >= 4 is 28.8 Å². The number of halogens is 1. The van der Waals surface area contributed by atoms with Crippen LogP contribution < -0.4 is 15.8 Å². The summed E-state index contributed by atoms with van der Waals surface area (Å²) in [7, 11) is 0. The van der Waals surface area contributed by atoms with Gasteiger partial charge in [-0.3, -0.25) is 9.59 Å². The molecular formula is C23H21FN6O5. The van der Waals surface area contributed by atoms with Gasteiger partial charge in [0.2, 0.25) is 17.7 Å². The zero-order valence-corrected chi connectivity index (χ0v) is 18.3. The normalized spacial score (nSPS) is 18.1. The van der Waals surface area contributed by atoms with Crippen molar-refractivity contribution in [3.05, 3.63) is 53.9 Å². The molecular weight excluding hydrogens is 459 g/mol. The third kappa shape index (κ3) is 4.98. The Morgan fingerprint density at radius 3 is 2.91 bits per heavy atom. The number of amides is 3. The van der Waals surface area contributed by atoms with Crippen LogP contribution in [0.2, 0.25) is 0 Å². The molecule has 0 saturated carbocycles. The summed E-state index contributed by atoms with van der Waals surface area (Å²) in [5.74, 6) is -1.10. The van der Waals surface area contributed by atoms with Crippen LogP contribution in [0.5, 0.6) is 11.6 Å². The fourth-order valence-corrected chi connectivity index (χ4v) is 4.13. The zero-order chi connectivity index (χ0) is 25.1. The number of likely N-dealkylation sites (tertiary alicyclic amines) is 1. The number of nitrogens with two attached hydrogens (primary N) is 1. The number of ether oxygens (including phenoxy) is 1. The number of fused-ring (bicyclic) bond motifs is 1. The second-order valence-electron chi connectivity index (χ2n) is 8.04. The molecule has 12 heteroatoms. The van der Waals surface area contributed by atoms with Gasteiger partial charge in [-0.2, -0.15) is 5.26 Å². The molecule has 3 unspecified atom stereocenters. The standard InChI is InChI=1S/C23H21FN6O5/c24-14-7-19(20(26)31)30(11-14)22(32)18(29-23(33)34)6-13-10-28-17-4-3-15(8-16(13)17)35-21-12(9-25)2-1-5-27-21/h1-5,8,10,14,18-19,28-29H,6-7,11H2,(H2,26,31)(H,33,34). The van der Waals surface area contributed by atoms with E-state index in [9.17, 15) is 29.1 Å². The highest BCUT2D eigenvalue weighted by Gasteiger charge is 2.41. The van der Waals surface area contributed by atoms with Gasteiger partial charge in [0, 0.05) is 36.1 Å². The van der Waals surface area contributed by atoms with Crippen LogP contribution in [0.15, 0.2) is 42.7 Å². The molecule has 0 aliphatic carbocycles. The van der Waals surface area contributed by atoms with Crippen molar-refractivity contribution in [1.82, 2.24) is 20.2 Å². The Labute approximate surface area is 198 Å². The molecule has 2 aromatic heterocycles. The number of primary amides is 1. The number of hydrogen-bond acceptors (Lipinski definition) is 6. The van der Waals surface area contributed by atoms with Crippen LogP contribution in [-0.4, -0.2) is 62.7 Å². The van der Waals surface area contributed by atoms with Gasteiger partial charge < -0.3 is 30.8 Å². The molecule has 3 atom stereocenters. The van der Waals surface area contributed by atoms with Crippen LogP contribution in [0, 0.1) is 11.3 Å². The van der Waals surface area contributed by atoms with Crippen molar-refractivity contribution in [2.45, 2.75) is 31.1 Å². The molecule has 5 N–H and O–H groups in total. The Morgan fingerprint density at radius 1 is 1.40 bits per heavy atom. The van der Waals surface area contributed by atoms with E-state index in [1.807, 2.05) is 6.07 Å². The molecule has 1 aliphatic rings. The summed E-state index contributed by atoms with van der Waals surface area (Å²) in [6.45, 7) is -0.346. The molecule has 4 rings (SSSR count). The van der Waals surface area contributed by atoms with E-state index in [1.54, 1.807) is 36.5 Å². The number of aromatic amines is 1. The molecule has 3 heterocycles. The zero-order valence-electron chi connectivity index (χ0n) is 18.3. The molecule has 11 nitrogen and oxygen atoms in total. The predicted octanol–water partition coefficient (Wildman–Crippen LogP) is 1.83. The van der Waals surface area contributed by atoms with Crippen molar-refractivity contribution in [3.8, 4) is 17.7 Å². The molecule has 35 heavy (non-hydrogen) atoms. The van der Waals surface area contributed by atoms with Crippen LogP contribution in [0.3, 0.4) is 0 Å². The molecule has 0 spiro atoms. The minimum atomic E-state index is -1.45. The maximum atomic E-state index is 14.0. The Morgan fingerprint density at radius 2 is 2.20 bits per heavy atom. The summed E-state index contributed by atoms with van der Waals surface area (Å²) in [6, 6.07) is 7.80. The number of carbonyl (C=O) groups excluding carboxylic acids is 2. The number of nitrogens with one attached hydrogen (secondary N) is 2. The molecule has 180 valence electrons. The maximum absolute atomic E-state index is 14.0. The van der Waals surface area contributed by atoms with E-state index >= 15 is 0 Å². The minimum absolute atomic E-state index is 0.0828. The second-order valence-corrected chi connectivity index (χ2v) is 8.04. The van der Waals surface area contributed by atoms with Gasteiger partial charge in [-0.25, -0.2) is 14.2 Å². The first kappa shape index (κ1) is 23.5. The predicted molar refractivity (Wildman–Crippen MR) is 120 cm³/mol. The average Bonchev–Trinajstić information content (AvgIpc) is 3.41. The van der Waals surface area contributed by atoms with Crippen molar-refractivity contribution in [1.29, 1.82) is 5.26 Å². The lowest BCUT2D eigenvalue weighted by molar-refractivity contribution is -0.138. The highest BCUT2D eigenvalue weighted by atomic mass is 19.1. The Balaban J connectivity index is 1.62. The summed E-state index contributed by atoms with van der Waals surface area (Å²) in [6.07, 6.45) is -0.0810. The first-order chi connectivity index (χ1) is 16.8. The van der Waals surface area contributed by atoms with E-state index in [0.29, 0.717) is 22.2 Å². The van der Waals surface area contributed by atoms with E-state index in [1.165, 1.54) is 6.20 Å². The number of benzene rings is 1. The number of hydrogen-bond donors (Lipinski definition) is 4. The first-order valence-electron chi connectivity index (χ1n) is 10.6. The summed E-state index contributed by atoms with van der Waals surface area (Å²) in [4.78, 5) is 44.4. The SMILES string of the molecule is N#Cc1cccnc1Oc1ccc2[nH]cc(CC(NC(=O)O)C(=O)N3CC(F)CC3C(N)=O)c2c1. The molecule has 1 aliphatic heterocycles. The lowest BCUT2D eigenvalue weighted by atomic mass is 10.0. The monoisotopic (exact) mass is 480 g/mol. The number of H-pyrrole nitrogens is 1. The van der Waals surface area contributed by atoms with Gasteiger partial charge >= 0.3 is 6.09 Å². The van der Waals surface area contributed by atoms with Crippen LogP contribution in [0.4, 0.5) is 9.18 Å². The molecule has 1 saturated heterocycles. The van der Waals surface area contributed by atoms with Crippen molar-refractivity contribution in [2.75, 3.05) is 6.54 Å². The van der Waals surface area contributed by atoms with Crippen LogP contribution >= 0.6 is 0 Å². The molecule has 0 bridgehead atoms. The van der Waals surface area contributed by atoms with Crippen molar-refractivity contribution in [3.63, 3.8) is 0 Å². The van der Waals surface area contributed by atoms with Gasteiger partial charge in [-0.15, -0.1) is 0 Å². The van der Waals surface area contributed by atoms with Crippen molar-refractivity contribution < 1.29 is 28.6 Å². The Kier molecular flexibility index (Phi) is 6.50. The van der Waals surface area contributed by atoms with Gasteiger partial charge in [0.1, 0.15) is 35.6 Å².